The van der Waals surface area contributed by atoms with Gasteiger partial charge in [0, 0.05) is 13.1 Å². The van der Waals surface area contributed by atoms with E-state index in [1.807, 2.05) is 0 Å². The van der Waals surface area contributed by atoms with E-state index in [-0.39, 0.29) is 11.3 Å². The molecule has 1 saturated carbocycles. The van der Waals surface area contributed by atoms with E-state index >= 15 is 0 Å². The molecule has 0 aromatic carbocycles. The molecule has 1 atom stereocenters. The third kappa shape index (κ3) is 2.94. The predicted octanol–water partition coefficient (Wildman–Crippen LogP) is 1.29. The van der Waals surface area contributed by atoms with Crippen molar-refractivity contribution >= 4 is 5.91 Å². The van der Waals surface area contributed by atoms with Gasteiger partial charge in [0.25, 0.3) is 0 Å². The van der Waals surface area contributed by atoms with E-state index in [0.29, 0.717) is 0 Å². The highest BCUT2D eigenvalue weighted by Crippen LogP contribution is 2.33. The second-order valence-corrected chi connectivity index (χ2v) is 5.33. The molecule has 2 aliphatic rings. The second-order valence-electron chi connectivity index (χ2n) is 5.33. The fourth-order valence-corrected chi connectivity index (χ4v) is 2.22. The maximum Gasteiger partial charge on any atom is 0.227 e. The van der Waals surface area contributed by atoms with Crippen LogP contribution in [0.15, 0.2) is 0 Å². The van der Waals surface area contributed by atoms with Gasteiger partial charge in [0.15, 0.2) is 0 Å². The van der Waals surface area contributed by atoms with Gasteiger partial charge in [-0.15, -0.1) is 0 Å². The molecular formula is C12H22N2O. The monoisotopic (exact) mass is 210 g/mol. The molecule has 0 bridgehead atoms. The van der Waals surface area contributed by atoms with Crippen LogP contribution in [-0.2, 0) is 4.79 Å². The first-order valence-corrected chi connectivity index (χ1v) is 6.20. The molecule has 1 unspecified atom stereocenters. The summed E-state index contributed by atoms with van der Waals surface area (Å²) in [6.45, 7) is 4.74. The van der Waals surface area contributed by atoms with Crippen molar-refractivity contribution in [1.29, 1.82) is 0 Å². The number of amides is 1. The van der Waals surface area contributed by atoms with Crippen molar-refractivity contribution in [2.24, 2.45) is 11.3 Å². The molecule has 1 aliphatic carbocycles. The molecule has 86 valence electrons. The lowest BCUT2D eigenvalue weighted by atomic mass is 9.89. The summed E-state index contributed by atoms with van der Waals surface area (Å²) in [5.41, 5.74) is -0.153. The Balaban J connectivity index is 1.62. The smallest absolute Gasteiger partial charge is 0.227 e. The van der Waals surface area contributed by atoms with Crippen molar-refractivity contribution in [3.8, 4) is 0 Å². The normalized spacial score (nSPS) is 30.5. The van der Waals surface area contributed by atoms with Gasteiger partial charge in [-0.2, -0.15) is 0 Å². The van der Waals surface area contributed by atoms with Crippen LogP contribution < -0.4 is 10.6 Å². The molecule has 0 aromatic rings. The Hall–Kier alpha value is -0.570. The number of nitrogens with one attached hydrogen (secondary N) is 2. The predicted molar refractivity (Wildman–Crippen MR) is 60.6 cm³/mol. The van der Waals surface area contributed by atoms with Crippen LogP contribution in [0.4, 0.5) is 0 Å². The van der Waals surface area contributed by atoms with Crippen LogP contribution in [0.5, 0.6) is 0 Å². The van der Waals surface area contributed by atoms with Gasteiger partial charge in [-0.1, -0.05) is 12.8 Å². The number of hydrogen-bond acceptors (Lipinski definition) is 2. The molecule has 1 heterocycles. The summed E-state index contributed by atoms with van der Waals surface area (Å²) in [5, 5.41) is 6.32. The highest BCUT2D eigenvalue weighted by Gasteiger charge is 2.35. The van der Waals surface area contributed by atoms with Crippen molar-refractivity contribution in [2.45, 2.75) is 39.0 Å². The number of carbonyl (C=O) groups is 1. The zero-order valence-electron chi connectivity index (χ0n) is 9.64. The van der Waals surface area contributed by atoms with Crippen LogP contribution in [0, 0.1) is 11.3 Å². The quantitative estimate of drug-likeness (QED) is 0.671. The molecule has 0 spiro atoms. The standard InChI is InChI=1S/C12H22N2O/c1-12(6-8-13-9-12)11(15)14-7-2-3-10-4-5-10/h10,13H,2-9H2,1H3,(H,14,15). The Bertz CT molecular complexity index is 230. The molecule has 1 aliphatic heterocycles. The molecular weight excluding hydrogens is 188 g/mol. The van der Waals surface area contributed by atoms with Crippen molar-refractivity contribution in [2.75, 3.05) is 19.6 Å². The summed E-state index contributed by atoms with van der Waals surface area (Å²) >= 11 is 0. The summed E-state index contributed by atoms with van der Waals surface area (Å²) < 4.78 is 0. The van der Waals surface area contributed by atoms with Crippen LogP contribution in [0.25, 0.3) is 0 Å². The summed E-state index contributed by atoms with van der Waals surface area (Å²) in [7, 11) is 0. The van der Waals surface area contributed by atoms with Gasteiger partial charge >= 0.3 is 0 Å². The van der Waals surface area contributed by atoms with E-state index in [2.05, 4.69) is 17.6 Å². The number of rotatable bonds is 5. The summed E-state index contributed by atoms with van der Waals surface area (Å²) in [4.78, 5) is 11.9. The summed E-state index contributed by atoms with van der Waals surface area (Å²) in [6.07, 6.45) is 6.25. The minimum Gasteiger partial charge on any atom is -0.356 e. The average molecular weight is 210 g/mol. The highest BCUT2D eigenvalue weighted by molar-refractivity contribution is 5.82. The van der Waals surface area contributed by atoms with Gasteiger partial charge in [-0.3, -0.25) is 4.79 Å². The van der Waals surface area contributed by atoms with E-state index < -0.39 is 0 Å². The Labute approximate surface area is 92.0 Å². The molecule has 3 heteroatoms. The van der Waals surface area contributed by atoms with Gasteiger partial charge in [0.05, 0.1) is 5.41 Å². The SMILES string of the molecule is CC1(C(=O)NCCCC2CC2)CCNC1. The molecule has 2 fully saturated rings. The van der Waals surface area contributed by atoms with Crippen LogP contribution >= 0.6 is 0 Å². The molecule has 2 N–H and O–H groups in total. The molecule has 3 nitrogen and oxygen atoms in total. The lowest BCUT2D eigenvalue weighted by molar-refractivity contribution is -0.129. The average Bonchev–Trinajstić information content (AvgIpc) is 2.94. The Kier molecular flexibility index (Phi) is 3.29. The fourth-order valence-electron chi connectivity index (χ4n) is 2.22. The van der Waals surface area contributed by atoms with Gasteiger partial charge in [0.2, 0.25) is 5.91 Å². The zero-order chi connectivity index (χ0) is 10.7. The first kappa shape index (κ1) is 10.9. The number of hydrogen-bond donors (Lipinski definition) is 2. The van der Waals surface area contributed by atoms with Gasteiger partial charge in [-0.05, 0) is 38.6 Å². The lowest BCUT2D eigenvalue weighted by Gasteiger charge is -2.21. The Morgan fingerprint density at radius 3 is 2.93 bits per heavy atom. The lowest BCUT2D eigenvalue weighted by Crippen LogP contribution is -2.40. The van der Waals surface area contributed by atoms with Crippen LogP contribution in [0.1, 0.15) is 39.0 Å². The van der Waals surface area contributed by atoms with Crippen molar-refractivity contribution < 1.29 is 4.79 Å². The van der Waals surface area contributed by atoms with Crippen LogP contribution in [-0.4, -0.2) is 25.5 Å². The zero-order valence-corrected chi connectivity index (χ0v) is 9.64. The third-order valence-corrected chi connectivity index (χ3v) is 3.69. The minimum atomic E-state index is -0.153. The van der Waals surface area contributed by atoms with Crippen molar-refractivity contribution in [3.63, 3.8) is 0 Å². The van der Waals surface area contributed by atoms with E-state index in [1.165, 1.54) is 19.3 Å². The maximum absolute atomic E-state index is 11.9. The minimum absolute atomic E-state index is 0.153. The Morgan fingerprint density at radius 1 is 1.53 bits per heavy atom. The maximum atomic E-state index is 11.9. The number of carbonyl (C=O) groups excluding carboxylic acids is 1. The van der Waals surface area contributed by atoms with Crippen molar-refractivity contribution in [1.82, 2.24) is 10.6 Å². The van der Waals surface area contributed by atoms with E-state index in [0.717, 1.165) is 38.4 Å². The third-order valence-electron chi connectivity index (χ3n) is 3.69. The summed E-state index contributed by atoms with van der Waals surface area (Å²) in [6, 6.07) is 0. The van der Waals surface area contributed by atoms with E-state index in [1.54, 1.807) is 0 Å². The van der Waals surface area contributed by atoms with Gasteiger partial charge in [-0.25, -0.2) is 0 Å². The second kappa shape index (κ2) is 4.52. The summed E-state index contributed by atoms with van der Waals surface area (Å²) in [5.74, 6) is 1.22. The first-order valence-electron chi connectivity index (χ1n) is 6.20. The molecule has 2 rings (SSSR count). The highest BCUT2D eigenvalue weighted by atomic mass is 16.2. The van der Waals surface area contributed by atoms with Crippen LogP contribution in [0.2, 0.25) is 0 Å². The van der Waals surface area contributed by atoms with Crippen LogP contribution in [0.3, 0.4) is 0 Å². The largest absolute Gasteiger partial charge is 0.356 e. The topological polar surface area (TPSA) is 41.1 Å². The van der Waals surface area contributed by atoms with Gasteiger partial charge < -0.3 is 10.6 Å². The molecule has 1 amide bonds. The Morgan fingerprint density at radius 2 is 2.33 bits per heavy atom. The molecule has 0 aromatic heterocycles. The van der Waals surface area contributed by atoms with E-state index in [9.17, 15) is 4.79 Å². The van der Waals surface area contributed by atoms with Gasteiger partial charge in [0.1, 0.15) is 0 Å². The fraction of sp³-hybridized carbons (Fsp3) is 0.917. The molecule has 0 radical (unpaired) electrons. The van der Waals surface area contributed by atoms with E-state index in [4.69, 9.17) is 0 Å². The first-order chi connectivity index (χ1) is 7.21. The molecule has 15 heavy (non-hydrogen) atoms. The van der Waals surface area contributed by atoms with Crippen molar-refractivity contribution in [3.05, 3.63) is 0 Å². The molecule has 1 saturated heterocycles.